The monoisotopic (exact) mass is 310 g/mol. The number of piperidine rings is 1. The second kappa shape index (κ2) is 7.87. The standard InChI is InChI=1S/C14H22N4O2S/c1-2-20-14(19)18-6-3-12(4-7-18)17-13(15)16-9-11-5-8-21-10-11/h5,8,10,12H,2-4,6-7,9H2,1H3,(H3,15,16,17). The van der Waals surface area contributed by atoms with Gasteiger partial charge in [0.15, 0.2) is 5.96 Å². The lowest BCUT2D eigenvalue weighted by atomic mass is 10.1. The summed E-state index contributed by atoms with van der Waals surface area (Å²) in [5, 5.41) is 7.32. The lowest BCUT2D eigenvalue weighted by molar-refractivity contribution is 0.0963. The summed E-state index contributed by atoms with van der Waals surface area (Å²) < 4.78 is 5.00. The number of rotatable bonds is 4. The highest BCUT2D eigenvalue weighted by Crippen LogP contribution is 2.11. The molecule has 0 bridgehead atoms. The van der Waals surface area contributed by atoms with Crippen LogP contribution in [-0.4, -0.2) is 42.7 Å². The molecule has 6 nitrogen and oxygen atoms in total. The molecule has 1 aromatic heterocycles. The summed E-state index contributed by atoms with van der Waals surface area (Å²) in [6.07, 6.45) is 1.48. The average molecular weight is 310 g/mol. The van der Waals surface area contributed by atoms with Crippen molar-refractivity contribution in [2.45, 2.75) is 32.4 Å². The van der Waals surface area contributed by atoms with Gasteiger partial charge < -0.3 is 20.7 Å². The number of likely N-dealkylation sites (tertiary alicyclic amines) is 1. The second-order valence-electron chi connectivity index (χ2n) is 4.94. The van der Waals surface area contributed by atoms with Crippen LogP contribution in [0.15, 0.2) is 21.8 Å². The van der Waals surface area contributed by atoms with Crippen LogP contribution in [0, 0.1) is 0 Å². The number of nitrogens with one attached hydrogen (secondary N) is 1. The van der Waals surface area contributed by atoms with E-state index in [0.29, 0.717) is 32.2 Å². The Morgan fingerprint density at radius 1 is 1.57 bits per heavy atom. The van der Waals surface area contributed by atoms with E-state index in [1.165, 1.54) is 5.56 Å². The van der Waals surface area contributed by atoms with E-state index < -0.39 is 0 Å². The maximum absolute atomic E-state index is 11.6. The molecule has 0 aliphatic carbocycles. The Balaban J connectivity index is 1.72. The van der Waals surface area contributed by atoms with Crippen molar-refractivity contribution < 1.29 is 9.53 Å². The van der Waals surface area contributed by atoms with Crippen LogP contribution in [0.3, 0.4) is 0 Å². The Morgan fingerprint density at radius 2 is 2.33 bits per heavy atom. The topological polar surface area (TPSA) is 80.0 Å². The number of hydrogen-bond acceptors (Lipinski definition) is 4. The van der Waals surface area contributed by atoms with E-state index >= 15 is 0 Å². The highest BCUT2D eigenvalue weighted by molar-refractivity contribution is 7.07. The van der Waals surface area contributed by atoms with Crippen LogP contribution in [0.2, 0.25) is 0 Å². The Labute approximate surface area is 129 Å². The van der Waals surface area contributed by atoms with Crippen LogP contribution in [0.4, 0.5) is 4.79 Å². The Bertz CT molecular complexity index is 467. The third kappa shape index (κ3) is 4.93. The van der Waals surface area contributed by atoms with Crippen molar-refractivity contribution >= 4 is 23.4 Å². The molecule has 2 heterocycles. The van der Waals surface area contributed by atoms with Crippen molar-refractivity contribution in [3.8, 4) is 0 Å². The summed E-state index contributed by atoms with van der Waals surface area (Å²) in [6, 6.07) is 2.31. The first-order valence-corrected chi connectivity index (χ1v) is 8.12. The quantitative estimate of drug-likeness (QED) is 0.656. The molecule has 0 saturated carbocycles. The van der Waals surface area contributed by atoms with Gasteiger partial charge in [-0.15, -0.1) is 0 Å². The molecule has 0 radical (unpaired) electrons. The van der Waals surface area contributed by atoms with Crippen molar-refractivity contribution in [2.24, 2.45) is 10.7 Å². The highest BCUT2D eigenvalue weighted by atomic mass is 32.1. The lowest BCUT2D eigenvalue weighted by Crippen LogP contribution is -2.48. The van der Waals surface area contributed by atoms with Gasteiger partial charge in [-0.25, -0.2) is 9.79 Å². The number of carbonyl (C=O) groups excluding carboxylic acids is 1. The molecule has 0 atom stereocenters. The van der Waals surface area contributed by atoms with Crippen molar-refractivity contribution in [3.05, 3.63) is 22.4 Å². The van der Waals surface area contributed by atoms with Gasteiger partial charge >= 0.3 is 6.09 Å². The van der Waals surface area contributed by atoms with E-state index in [4.69, 9.17) is 10.5 Å². The van der Waals surface area contributed by atoms with Gasteiger partial charge in [-0.1, -0.05) is 0 Å². The summed E-state index contributed by atoms with van der Waals surface area (Å²) in [4.78, 5) is 17.7. The normalized spacial score (nSPS) is 16.8. The van der Waals surface area contributed by atoms with Crippen LogP contribution in [0.25, 0.3) is 0 Å². The minimum absolute atomic E-state index is 0.227. The number of amides is 1. The first-order valence-electron chi connectivity index (χ1n) is 7.18. The predicted octanol–water partition coefficient (Wildman–Crippen LogP) is 1.77. The minimum atomic E-state index is -0.227. The molecule has 0 unspecified atom stereocenters. The van der Waals surface area contributed by atoms with Crippen LogP contribution in [0.1, 0.15) is 25.3 Å². The van der Waals surface area contributed by atoms with E-state index in [1.807, 2.05) is 18.4 Å². The fraction of sp³-hybridized carbons (Fsp3) is 0.571. The SMILES string of the molecule is CCOC(=O)N1CCC(NC(N)=NCc2ccsc2)CC1. The molecule has 1 aliphatic rings. The molecule has 21 heavy (non-hydrogen) atoms. The van der Waals surface area contributed by atoms with E-state index in [-0.39, 0.29) is 12.1 Å². The zero-order valence-corrected chi connectivity index (χ0v) is 13.1. The van der Waals surface area contributed by atoms with Gasteiger partial charge in [-0.2, -0.15) is 11.3 Å². The van der Waals surface area contributed by atoms with Gasteiger partial charge in [0.1, 0.15) is 0 Å². The van der Waals surface area contributed by atoms with E-state index in [0.717, 1.165) is 12.8 Å². The zero-order valence-electron chi connectivity index (χ0n) is 12.2. The van der Waals surface area contributed by atoms with Crippen molar-refractivity contribution in [1.82, 2.24) is 10.2 Å². The van der Waals surface area contributed by atoms with Crippen molar-refractivity contribution in [1.29, 1.82) is 0 Å². The van der Waals surface area contributed by atoms with E-state index in [1.54, 1.807) is 16.2 Å². The zero-order chi connectivity index (χ0) is 15.1. The smallest absolute Gasteiger partial charge is 0.409 e. The van der Waals surface area contributed by atoms with Crippen molar-refractivity contribution in [2.75, 3.05) is 19.7 Å². The Kier molecular flexibility index (Phi) is 5.86. The molecule has 2 rings (SSSR count). The van der Waals surface area contributed by atoms with Crippen LogP contribution in [0.5, 0.6) is 0 Å². The number of nitrogens with two attached hydrogens (primary N) is 1. The molecule has 1 aromatic rings. The summed E-state index contributed by atoms with van der Waals surface area (Å²) in [7, 11) is 0. The van der Waals surface area contributed by atoms with Gasteiger partial charge in [-0.3, -0.25) is 0 Å². The Hall–Kier alpha value is -1.76. The molecule has 3 N–H and O–H groups in total. The summed E-state index contributed by atoms with van der Waals surface area (Å²) in [5.41, 5.74) is 7.07. The number of thiophene rings is 1. The highest BCUT2D eigenvalue weighted by Gasteiger charge is 2.23. The first kappa shape index (κ1) is 15.6. The van der Waals surface area contributed by atoms with E-state index in [9.17, 15) is 4.79 Å². The fourth-order valence-corrected chi connectivity index (χ4v) is 2.89. The molecule has 1 saturated heterocycles. The molecule has 0 aromatic carbocycles. The van der Waals surface area contributed by atoms with Crippen molar-refractivity contribution in [3.63, 3.8) is 0 Å². The lowest BCUT2D eigenvalue weighted by Gasteiger charge is -2.31. The van der Waals surface area contributed by atoms with E-state index in [2.05, 4.69) is 15.7 Å². The largest absolute Gasteiger partial charge is 0.450 e. The second-order valence-corrected chi connectivity index (χ2v) is 5.72. The van der Waals surface area contributed by atoms with Gasteiger partial charge in [0.25, 0.3) is 0 Å². The number of hydrogen-bond donors (Lipinski definition) is 2. The summed E-state index contributed by atoms with van der Waals surface area (Å²) >= 11 is 1.65. The number of aliphatic imine (C=N–C) groups is 1. The summed E-state index contributed by atoms with van der Waals surface area (Å²) in [6.45, 7) is 4.21. The molecular formula is C14H22N4O2S. The first-order chi connectivity index (χ1) is 10.2. The molecule has 116 valence electrons. The number of ether oxygens (including phenoxy) is 1. The van der Waals surface area contributed by atoms with Crippen LogP contribution in [-0.2, 0) is 11.3 Å². The number of guanidine groups is 1. The van der Waals surface area contributed by atoms with Crippen LogP contribution < -0.4 is 11.1 Å². The van der Waals surface area contributed by atoms with Crippen LogP contribution >= 0.6 is 11.3 Å². The molecule has 1 aliphatic heterocycles. The molecule has 1 amide bonds. The van der Waals surface area contributed by atoms with Gasteiger partial charge in [0.05, 0.1) is 13.2 Å². The van der Waals surface area contributed by atoms with Gasteiger partial charge in [-0.05, 0) is 42.2 Å². The third-order valence-electron chi connectivity index (χ3n) is 3.39. The maximum atomic E-state index is 11.6. The van der Waals surface area contributed by atoms with Gasteiger partial charge in [0.2, 0.25) is 0 Å². The molecular weight excluding hydrogens is 288 g/mol. The Morgan fingerprint density at radius 3 is 2.95 bits per heavy atom. The average Bonchev–Trinajstić information content (AvgIpc) is 2.99. The number of nitrogens with zero attached hydrogens (tertiary/aromatic N) is 2. The molecule has 7 heteroatoms. The number of carbonyl (C=O) groups is 1. The van der Waals surface area contributed by atoms with Gasteiger partial charge in [0, 0.05) is 19.1 Å². The maximum Gasteiger partial charge on any atom is 0.409 e. The third-order valence-corrected chi connectivity index (χ3v) is 4.12. The minimum Gasteiger partial charge on any atom is -0.450 e. The summed E-state index contributed by atoms with van der Waals surface area (Å²) in [5.74, 6) is 0.468. The predicted molar refractivity (Wildman–Crippen MR) is 84.4 cm³/mol. The fourth-order valence-electron chi connectivity index (χ4n) is 2.24. The molecule has 1 fully saturated rings. The molecule has 0 spiro atoms.